The van der Waals surface area contributed by atoms with Crippen LogP contribution in [-0.4, -0.2) is 40.6 Å². The van der Waals surface area contributed by atoms with Gasteiger partial charge in [-0.2, -0.15) is 18.3 Å². The largest absolute Gasteiger partial charge is 0.411 e. The van der Waals surface area contributed by atoms with Crippen LogP contribution < -0.4 is 5.32 Å². The molecule has 120 valence electrons. The lowest BCUT2D eigenvalue weighted by atomic mass is 10.3. The monoisotopic (exact) mass is 310 g/mol. The molecule has 0 spiro atoms. The third-order valence-electron chi connectivity index (χ3n) is 2.53. The first kappa shape index (κ1) is 17.2. The fourth-order valence-corrected chi connectivity index (χ4v) is 1.73. The Hall–Kier alpha value is -1.84. The van der Waals surface area contributed by atoms with Crippen molar-refractivity contribution in [2.45, 2.75) is 33.0 Å². The number of halogens is 3. The summed E-state index contributed by atoms with van der Waals surface area (Å²) in [5, 5.41) is 17.8. The molecule has 7 nitrogen and oxygen atoms in total. The molecule has 0 aliphatic heterocycles. The number of hydrogen-bond donors (Lipinski definition) is 1. The average molecular weight is 310 g/mol. The molecule has 0 amide bonds. The van der Waals surface area contributed by atoms with Gasteiger partial charge in [0, 0.05) is 12.6 Å². The summed E-state index contributed by atoms with van der Waals surface area (Å²) in [5.74, 6) is 0.170. The van der Waals surface area contributed by atoms with Gasteiger partial charge in [0.1, 0.15) is 12.3 Å². The quantitative estimate of drug-likeness (QED) is 0.475. The fourth-order valence-electron chi connectivity index (χ4n) is 1.73. The fraction of sp³-hybridized carbons (Fsp3) is 0.727. The number of alkyl halides is 3. The Bertz CT molecular complexity index is 500. The molecule has 10 heteroatoms. The van der Waals surface area contributed by atoms with Crippen LogP contribution in [0.5, 0.6) is 0 Å². The van der Waals surface area contributed by atoms with Gasteiger partial charge in [0.05, 0.1) is 11.5 Å². The maximum atomic E-state index is 11.9. The predicted molar refractivity (Wildman–Crippen MR) is 69.4 cm³/mol. The lowest BCUT2D eigenvalue weighted by Crippen LogP contribution is -2.21. The van der Waals surface area contributed by atoms with E-state index in [1.54, 1.807) is 13.8 Å². The van der Waals surface area contributed by atoms with Gasteiger partial charge >= 0.3 is 11.9 Å². The first-order valence-corrected chi connectivity index (χ1v) is 6.25. The zero-order chi connectivity index (χ0) is 16.2. The molecule has 0 atom stereocenters. The molecule has 0 aliphatic rings. The van der Waals surface area contributed by atoms with Crippen LogP contribution in [0.15, 0.2) is 0 Å². The van der Waals surface area contributed by atoms with Crippen LogP contribution in [0.4, 0.5) is 24.7 Å². The van der Waals surface area contributed by atoms with Gasteiger partial charge in [-0.1, -0.05) is 0 Å². The molecule has 0 saturated heterocycles. The molecule has 1 heterocycles. The molecule has 21 heavy (non-hydrogen) atoms. The summed E-state index contributed by atoms with van der Waals surface area (Å²) in [7, 11) is 0. The highest BCUT2D eigenvalue weighted by Crippen LogP contribution is 2.30. The number of nitrogens with one attached hydrogen (secondary N) is 1. The summed E-state index contributed by atoms with van der Waals surface area (Å²) in [6.45, 7) is 3.53. The highest BCUT2D eigenvalue weighted by molar-refractivity contribution is 5.59. The SMILES string of the molecule is Cc1nn(C(C)C)c(NCCOCC(F)(F)F)c1[N+](=O)[O-]. The van der Waals surface area contributed by atoms with Crippen LogP contribution in [0.2, 0.25) is 0 Å². The van der Waals surface area contributed by atoms with Crippen molar-refractivity contribution in [3.63, 3.8) is 0 Å². The van der Waals surface area contributed by atoms with E-state index in [1.807, 2.05) is 0 Å². The zero-order valence-electron chi connectivity index (χ0n) is 11.9. The molecule has 1 rings (SSSR count). The summed E-state index contributed by atoms with van der Waals surface area (Å²) in [6, 6.07) is -0.129. The van der Waals surface area contributed by atoms with Crippen LogP contribution >= 0.6 is 0 Å². The molecule has 0 fully saturated rings. The second-order valence-electron chi connectivity index (χ2n) is 4.67. The minimum atomic E-state index is -4.39. The van der Waals surface area contributed by atoms with Gasteiger partial charge in [0.25, 0.3) is 0 Å². The summed E-state index contributed by atoms with van der Waals surface area (Å²) >= 11 is 0. The van der Waals surface area contributed by atoms with E-state index in [4.69, 9.17) is 0 Å². The molecular formula is C11H17F3N4O3. The van der Waals surface area contributed by atoms with Gasteiger partial charge < -0.3 is 10.1 Å². The Labute approximate surface area is 119 Å². The molecule has 0 saturated carbocycles. The van der Waals surface area contributed by atoms with Crippen LogP contribution in [0.25, 0.3) is 0 Å². The van der Waals surface area contributed by atoms with E-state index in [-0.39, 0.29) is 36.4 Å². The van der Waals surface area contributed by atoms with Crippen LogP contribution in [0, 0.1) is 17.0 Å². The Morgan fingerprint density at radius 1 is 1.48 bits per heavy atom. The maximum absolute atomic E-state index is 11.9. The first-order valence-electron chi connectivity index (χ1n) is 6.25. The van der Waals surface area contributed by atoms with E-state index in [9.17, 15) is 23.3 Å². The summed E-state index contributed by atoms with van der Waals surface area (Å²) in [5.41, 5.74) is 0.0620. The molecule has 0 aromatic carbocycles. The number of hydrogen-bond acceptors (Lipinski definition) is 5. The van der Waals surface area contributed by atoms with Crippen LogP contribution in [-0.2, 0) is 4.74 Å². The van der Waals surface area contributed by atoms with Crippen molar-refractivity contribution < 1.29 is 22.8 Å². The van der Waals surface area contributed by atoms with Crippen molar-refractivity contribution in [1.29, 1.82) is 0 Å². The van der Waals surface area contributed by atoms with Crippen LogP contribution in [0.3, 0.4) is 0 Å². The molecule has 1 aromatic heterocycles. The number of rotatable bonds is 7. The zero-order valence-corrected chi connectivity index (χ0v) is 11.9. The lowest BCUT2D eigenvalue weighted by molar-refractivity contribution is -0.384. The van der Waals surface area contributed by atoms with Crippen molar-refractivity contribution in [3.8, 4) is 0 Å². The summed E-state index contributed by atoms with van der Waals surface area (Å²) in [6.07, 6.45) is -4.39. The molecule has 1 aromatic rings. The lowest BCUT2D eigenvalue weighted by Gasteiger charge is -2.12. The third kappa shape index (κ3) is 4.88. The van der Waals surface area contributed by atoms with Crippen molar-refractivity contribution in [2.24, 2.45) is 0 Å². The van der Waals surface area contributed by atoms with Crippen LogP contribution in [0.1, 0.15) is 25.6 Å². The predicted octanol–water partition coefficient (Wildman–Crippen LogP) is 2.67. The average Bonchev–Trinajstić information content (AvgIpc) is 2.64. The molecule has 0 bridgehead atoms. The molecular weight excluding hydrogens is 293 g/mol. The van der Waals surface area contributed by atoms with E-state index in [1.165, 1.54) is 11.6 Å². The van der Waals surface area contributed by atoms with E-state index >= 15 is 0 Å². The molecule has 0 aliphatic carbocycles. The Kier molecular flexibility index (Phi) is 5.53. The highest BCUT2D eigenvalue weighted by atomic mass is 19.4. The number of aryl methyl sites for hydroxylation is 1. The number of ether oxygens (including phenoxy) is 1. The number of nitro groups is 1. The third-order valence-corrected chi connectivity index (χ3v) is 2.53. The molecule has 1 N–H and O–H groups in total. The van der Waals surface area contributed by atoms with E-state index in [2.05, 4.69) is 15.2 Å². The summed E-state index contributed by atoms with van der Waals surface area (Å²) < 4.78 is 41.6. The van der Waals surface area contributed by atoms with Gasteiger partial charge in [-0.3, -0.25) is 10.1 Å². The van der Waals surface area contributed by atoms with Gasteiger partial charge in [-0.15, -0.1) is 0 Å². The normalized spacial score (nSPS) is 12.0. The number of aromatic nitrogens is 2. The van der Waals surface area contributed by atoms with Crippen molar-refractivity contribution in [3.05, 3.63) is 15.8 Å². The van der Waals surface area contributed by atoms with Gasteiger partial charge in [0.2, 0.25) is 5.82 Å². The Morgan fingerprint density at radius 2 is 2.10 bits per heavy atom. The topological polar surface area (TPSA) is 82.2 Å². The van der Waals surface area contributed by atoms with E-state index in [0.717, 1.165) is 0 Å². The first-order chi connectivity index (χ1) is 9.63. The Morgan fingerprint density at radius 3 is 2.57 bits per heavy atom. The maximum Gasteiger partial charge on any atom is 0.411 e. The Balaban J connectivity index is 2.71. The molecule has 0 unspecified atom stereocenters. The van der Waals surface area contributed by atoms with Crippen molar-refractivity contribution in [1.82, 2.24) is 9.78 Å². The highest BCUT2D eigenvalue weighted by Gasteiger charge is 2.28. The van der Waals surface area contributed by atoms with Gasteiger partial charge in [0.15, 0.2) is 0 Å². The molecule has 0 radical (unpaired) electrons. The smallest absolute Gasteiger partial charge is 0.370 e. The van der Waals surface area contributed by atoms with Crippen molar-refractivity contribution in [2.75, 3.05) is 25.1 Å². The van der Waals surface area contributed by atoms with Crippen molar-refractivity contribution >= 4 is 11.5 Å². The van der Waals surface area contributed by atoms with Gasteiger partial charge in [-0.25, -0.2) is 4.68 Å². The van der Waals surface area contributed by atoms with Gasteiger partial charge in [-0.05, 0) is 20.8 Å². The number of anilines is 1. The second kappa shape index (κ2) is 6.74. The van der Waals surface area contributed by atoms with E-state index < -0.39 is 17.7 Å². The minimum Gasteiger partial charge on any atom is -0.370 e. The summed E-state index contributed by atoms with van der Waals surface area (Å²) in [4.78, 5) is 10.5. The second-order valence-corrected chi connectivity index (χ2v) is 4.67. The standard InChI is InChI=1S/C11H17F3N4O3/c1-7(2)17-10(9(18(19)20)8(3)16-17)15-4-5-21-6-11(12,13)14/h7,15H,4-6H2,1-3H3. The minimum absolute atomic E-state index is 0.00870. The number of nitrogens with zero attached hydrogens (tertiary/aromatic N) is 3. The van der Waals surface area contributed by atoms with E-state index in [0.29, 0.717) is 0 Å².